The molecule has 1 rings (SSSR count). The molecule has 0 aliphatic rings. The molecule has 0 atom stereocenters. The summed E-state index contributed by atoms with van der Waals surface area (Å²) in [5.74, 6) is -0.872. The highest BCUT2D eigenvalue weighted by atomic mass is 79.9. The Balaban J connectivity index is 2.43. The molecule has 1 aromatic rings. The van der Waals surface area contributed by atoms with Gasteiger partial charge in [0, 0.05) is 11.0 Å². The van der Waals surface area contributed by atoms with Crippen LogP contribution in [0.3, 0.4) is 0 Å². The first kappa shape index (κ1) is 16.6. The van der Waals surface area contributed by atoms with E-state index in [0.717, 1.165) is 12.5 Å². The van der Waals surface area contributed by atoms with Crippen LogP contribution in [0.15, 0.2) is 22.7 Å². The van der Waals surface area contributed by atoms with Gasteiger partial charge in [-0.15, -0.1) is 0 Å². The maximum Gasteiger partial charge on any atom is 0.252 e. The zero-order valence-electron chi connectivity index (χ0n) is 11.4. The van der Waals surface area contributed by atoms with Crippen LogP contribution in [0, 0.1) is 18.3 Å². The molecule has 0 unspecified atom stereocenters. The topological polar surface area (TPSA) is 58.2 Å². The quantitative estimate of drug-likeness (QED) is 0.834. The summed E-state index contributed by atoms with van der Waals surface area (Å²) in [5.41, 5.74) is 0.156. The molecule has 0 spiro atoms. The molecular formula is C14H17BrFN2O2. The van der Waals surface area contributed by atoms with E-state index in [1.807, 2.05) is 13.8 Å². The first-order chi connectivity index (χ1) is 9.40. The fraction of sp³-hybridized carbons (Fsp3) is 0.357. The maximum absolute atomic E-state index is 13.1. The molecule has 1 radical (unpaired) electrons. The molecule has 1 aromatic carbocycles. The number of rotatable bonds is 6. The summed E-state index contributed by atoms with van der Waals surface area (Å²) in [6, 6.07) is 3.80. The molecule has 0 fully saturated rings. The van der Waals surface area contributed by atoms with E-state index in [-0.39, 0.29) is 18.0 Å². The van der Waals surface area contributed by atoms with Gasteiger partial charge in [-0.05, 0) is 46.5 Å². The second kappa shape index (κ2) is 7.99. The Morgan fingerprint density at radius 3 is 2.75 bits per heavy atom. The van der Waals surface area contributed by atoms with Crippen molar-refractivity contribution in [3.05, 3.63) is 40.6 Å². The SMILES string of the molecule is CC(C)C[CH]NC(=O)CNC(=O)c1cc(F)ccc1Br. The number of amides is 2. The molecule has 0 aromatic heterocycles. The largest absolute Gasteiger partial charge is 0.350 e. The first-order valence-corrected chi connectivity index (χ1v) is 7.03. The Morgan fingerprint density at radius 1 is 1.40 bits per heavy atom. The van der Waals surface area contributed by atoms with Crippen molar-refractivity contribution in [1.82, 2.24) is 10.6 Å². The van der Waals surface area contributed by atoms with Crippen LogP contribution in [-0.4, -0.2) is 18.4 Å². The van der Waals surface area contributed by atoms with Crippen LogP contribution in [0.25, 0.3) is 0 Å². The standard InChI is InChI=1S/C14H17BrFN2O2/c1-9(2)5-6-17-13(19)8-18-14(20)11-7-10(16)3-4-12(11)15/h3-4,6-7,9H,5,8H2,1-2H3,(H,17,19)(H,18,20). The number of benzene rings is 1. The molecule has 0 aliphatic carbocycles. The summed E-state index contributed by atoms with van der Waals surface area (Å²) in [7, 11) is 0. The highest BCUT2D eigenvalue weighted by molar-refractivity contribution is 9.10. The van der Waals surface area contributed by atoms with E-state index >= 15 is 0 Å². The fourth-order valence-corrected chi connectivity index (χ4v) is 1.81. The number of hydrogen-bond donors (Lipinski definition) is 2. The number of hydrogen-bond acceptors (Lipinski definition) is 2. The molecule has 0 bridgehead atoms. The molecule has 109 valence electrons. The monoisotopic (exact) mass is 343 g/mol. The van der Waals surface area contributed by atoms with Crippen LogP contribution in [0.4, 0.5) is 4.39 Å². The molecule has 0 saturated heterocycles. The zero-order chi connectivity index (χ0) is 15.1. The van der Waals surface area contributed by atoms with Gasteiger partial charge in [-0.1, -0.05) is 13.8 Å². The Morgan fingerprint density at radius 2 is 2.10 bits per heavy atom. The minimum Gasteiger partial charge on any atom is -0.350 e. The number of halogens is 2. The van der Waals surface area contributed by atoms with Gasteiger partial charge < -0.3 is 10.6 Å². The molecule has 0 aliphatic heterocycles. The lowest BCUT2D eigenvalue weighted by Gasteiger charge is -2.08. The summed E-state index contributed by atoms with van der Waals surface area (Å²) < 4.78 is 13.5. The Bertz CT molecular complexity index is 492. The molecule has 4 nitrogen and oxygen atoms in total. The maximum atomic E-state index is 13.1. The molecule has 6 heteroatoms. The van der Waals surface area contributed by atoms with E-state index in [9.17, 15) is 14.0 Å². The van der Waals surface area contributed by atoms with E-state index in [1.54, 1.807) is 6.54 Å². The highest BCUT2D eigenvalue weighted by Crippen LogP contribution is 2.17. The lowest BCUT2D eigenvalue weighted by Crippen LogP contribution is -2.36. The van der Waals surface area contributed by atoms with Gasteiger partial charge in [-0.3, -0.25) is 9.59 Å². The molecule has 20 heavy (non-hydrogen) atoms. The molecule has 0 saturated carbocycles. The van der Waals surface area contributed by atoms with Crippen molar-refractivity contribution in [2.45, 2.75) is 20.3 Å². The van der Waals surface area contributed by atoms with Crippen molar-refractivity contribution in [3.63, 3.8) is 0 Å². The number of carbonyl (C=O) groups excluding carboxylic acids is 2. The molecule has 0 heterocycles. The Kier molecular flexibility index (Phi) is 6.64. The third-order valence-corrected chi connectivity index (χ3v) is 3.13. The van der Waals surface area contributed by atoms with Gasteiger partial charge in [0.15, 0.2) is 0 Å². The van der Waals surface area contributed by atoms with Crippen molar-refractivity contribution in [2.75, 3.05) is 6.54 Å². The predicted octanol–water partition coefficient (Wildman–Crippen LogP) is 2.64. The number of nitrogens with one attached hydrogen (secondary N) is 2. The Labute approximate surface area is 126 Å². The van der Waals surface area contributed by atoms with Crippen LogP contribution in [0.5, 0.6) is 0 Å². The summed E-state index contributed by atoms with van der Waals surface area (Å²) >= 11 is 3.16. The van der Waals surface area contributed by atoms with Crippen LogP contribution in [-0.2, 0) is 4.79 Å². The lowest BCUT2D eigenvalue weighted by molar-refractivity contribution is -0.119. The van der Waals surface area contributed by atoms with E-state index < -0.39 is 11.7 Å². The summed E-state index contributed by atoms with van der Waals surface area (Å²) in [5, 5.41) is 5.02. The van der Waals surface area contributed by atoms with Gasteiger partial charge in [-0.2, -0.15) is 0 Å². The van der Waals surface area contributed by atoms with Crippen LogP contribution in [0.1, 0.15) is 30.6 Å². The van der Waals surface area contributed by atoms with Gasteiger partial charge >= 0.3 is 0 Å². The third-order valence-electron chi connectivity index (χ3n) is 2.43. The van der Waals surface area contributed by atoms with Crippen LogP contribution in [0.2, 0.25) is 0 Å². The molecule has 2 N–H and O–H groups in total. The molecule has 2 amide bonds. The van der Waals surface area contributed by atoms with Gasteiger partial charge in [0.2, 0.25) is 5.91 Å². The summed E-state index contributed by atoms with van der Waals surface area (Å²) in [6.45, 7) is 5.57. The smallest absolute Gasteiger partial charge is 0.252 e. The van der Waals surface area contributed by atoms with Gasteiger partial charge in [0.05, 0.1) is 12.1 Å². The van der Waals surface area contributed by atoms with E-state index in [2.05, 4.69) is 26.6 Å². The summed E-state index contributed by atoms with van der Waals surface area (Å²) in [6.07, 6.45) is 0.759. The van der Waals surface area contributed by atoms with E-state index in [0.29, 0.717) is 10.4 Å². The van der Waals surface area contributed by atoms with Gasteiger partial charge in [-0.25, -0.2) is 4.39 Å². The normalized spacial score (nSPS) is 10.4. The summed E-state index contributed by atoms with van der Waals surface area (Å²) in [4.78, 5) is 23.3. The van der Waals surface area contributed by atoms with Crippen molar-refractivity contribution in [3.8, 4) is 0 Å². The second-order valence-electron chi connectivity index (χ2n) is 4.71. The van der Waals surface area contributed by atoms with Crippen molar-refractivity contribution >= 4 is 27.7 Å². The zero-order valence-corrected chi connectivity index (χ0v) is 13.0. The average Bonchev–Trinajstić information content (AvgIpc) is 2.38. The molecular weight excluding hydrogens is 327 g/mol. The minimum absolute atomic E-state index is 0.156. The lowest BCUT2D eigenvalue weighted by atomic mass is 10.1. The van der Waals surface area contributed by atoms with Crippen molar-refractivity contribution < 1.29 is 14.0 Å². The minimum atomic E-state index is -0.506. The van der Waals surface area contributed by atoms with E-state index in [4.69, 9.17) is 0 Å². The van der Waals surface area contributed by atoms with Crippen LogP contribution >= 0.6 is 15.9 Å². The van der Waals surface area contributed by atoms with E-state index in [1.165, 1.54) is 12.1 Å². The average molecular weight is 344 g/mol. The third kappa shape index (κ3) is 5.69. The van der Waals surface area contributed by atoms with Crippen LogP contribution < -0.4 is 10.6 Å². The van der Waals surface area contributed by atoms with Gasteiger partial charge in [0.1, 0.15) is 5.82 Å². The second-order valence-corrected chi connectivity index (χ2v) is 5.56. The van der Waals surface area contributed by atoms with Crippen molar-refractivity contribution in [2.24, 2.45) is 5.92 Å². The number of carbonyl (C=O) groups is 2. The predicted molar refractivity (Wildman–Crippen MR) is 78.3 cm³/mol. The fourth-order valence-electron chi connectivity index (χ4n) is 1.39. The Hall–Kier alpha value is -1.43. The van der Waals surface area contributed by atoms with Gasteiger partial charge in [0.25, 0.3) is 5.91 Å². The first-order valence-electron chi connectivity index (χ1n) is 6.24. The highest BCUT2D eigenvalue weighted by Gasteiger charge is 2.12. The van der Waals surface area contributed by atoms with Crippen molar-refractivity contribution in [1.29, 1.82) is 0 Å².